The van der Waals surface area contributed by atoms with Crippen molar-refractivity contribution in [3.05, 3.63) is 59.1 Å². The standard InChI is InChI=1S/C21H26ClNO3/c1-3-15-25-20-9-5-4-7-17(20)8-6-14-23-21(24)16(2)26-19-12-10-18(22)11-13-19/h4-5,7,9-13,16H,3,6,8,14-15H2,1-2H3,(H,23,24). The molecular weight excluding hydrogens is 350 g/mol. The minimum absolute atomic E-state index is 0.129. The molecule has 0 saturated carbocycles. The van der Waals surface area contributed by atoms with E-state index in [1.165, 1.54) is 5.56 Å². The van der Waals surface area contributed by atoms with E-state index in [1.807, 2.05) is 18.2 Å². The summed E-state index contributed by atoms with van der Waals surface area (Å²) in [6.45, 7) is 5.13. The molecule has 0 heterocycles. The Kier molecular flexibility index (Phi) is 8.29. The van der Waals surface area contributed by atoms with Gasteiger partial charge in [-0.15, -0.1) is 0 Å². The highest BCUT2D eigenvalue weighted by atomic mass is 35.5. The number of amides is 1. The Bertz CT molecular complexity index is 688. The van der Waals surface area contributed by atoms with E-state index >= 15 is 0 Å². The van der Waals surface area contributed by atoms with E-state index in [1.54, 1.807) is 31.2 Å². The van der Waals surface area contributed by atoms with Crippen LogP contribution in [0.1, 0.15) is 32.3 Å². The summed E-state index contributed by atoms with van der Waals surface area (Å²) < 4.78 is 11.4. The molecule has 0 aromatic heterocycles. The zero-order chi connectivity index (χ0) is 18.8. The third-order valence-corrected chi connectivity index (χ3v) is 4.10. The number of aryl methyl sites for hydroxylation is 1. The zero-order valence-corrected chi connectivity index (χ0v) is 16.1. The molecule has 0 fully saturated rings. The van der Waals surface area contributed by atoms with Crippen LogP contribution in [0.3, 0.4) is 0 Å². The van der Waals surface area contributed by atoms with Gasteiger partial charge in [0.25, 0.3) is 5.91 Å². The van der Waals surface area contributed by atoms with Crippen molar-refractivity contribution in [1.82, 2.24) is 5.32 Å². The van der Waals surface area contributed by atoms with Crippen molar-refractivity contribution in [3.8, 4) is 11.5 Å². The highest BCUT2D eigenvalue weighted by molar-refractivity contribution is 6.30. The summed E-state index contributed by atoms with van der Waals surface area (Å²) in [6.07, 6.45) is 2.12. The number of ether oxygens (including phenoxy) is 2. The number of benzene rings is 2. The van der Waals surface area contributed by atoms with Crippen molar-refractivity contribution < 1.29 is 14.3 Å². The molecule has 5 heteroatoms. The Hall–Kier alpha value is -2.20. The van der Waals surface area contributed by atoms with Crippen molar-refractivity contribution >= 4 is 17.5 Å². The lowest BCUT2D eigenvalue weighted by Gasteiger charge is -2.15. The first kappa shape index (κ1) is 20.1. The van der Waals surface area contributed by atoms with E-state index in [0.717, 1.165) is 25.0 Å². The molecule has 0 bridgehead atoms. The van der Waals surface area contributed by atoms with Gasteiger partial charge >= 0.3 is 0 Å². The van der Waals surface area contributed by atoms with Crippen LogP contribution in [-0.4, -0.2) is 25.2 Å². The minimum Gasteiger partial charge on any atom is -0.493 e. The Morgan fingerprint density at radius 3 is 2.62 bits per heavy atom. The Morgan fingerprint density at radius 1 is 1.15 bits per heavy atom. The molecule has 4 nitrogen and oxygen atoms in total. The van der Waals surface area contributed by atoms with E-state index in [2.05, 4.69) is 18.3 Å². The third kappa shape index (κ3) is 6.60. The highest BCUT2D eigenvalue weighted by Gasteiger charge is 2.14. The van der Waals surface area contributed by atoms with Crippen molar-refractivity contribution in [2.24, 2.45) is 0 Å². The molecule has 0 spiro atoms. The van der Waals surface area contributed by atoms with Crippen LogP contribution in [0.25, 0.3) is 0 Å². The second kappa shape index (κ2) is 10.7. The smallest absolute Gasteiger partial charge is 0.260 e. The van der Waals surface area contributed by atoms with Crippen LogP contribution in [0.2, 0.25) is 5.02 Å². The molecule has 1 atom stereocenters. The summed E-state index contributed by atoms with van der Waals surface area (Å²) in [6, 6.07) is 15.0. The maximum absolute atomic E-state index is 12.1. The molecule has 140 valence electrons. The first-order chi connectivity index (χ1) is 12.6. The summed E-state index contributed by atoms with van der Waals surface area (Å²) in [7, 11) is 0. The predicted octanol–water partition coefficient (Wildman–Crippen LogP) is 4.65. The minimum atomic E-state index is -0.559. The molecule has 2 aromatic rings. The lowest BCUT2D eigenvalue weighted by molar-refractivity contribution is -0.127. The van der Waals surface area contributed by atoms with Crippen molar-refractivity contribution in [2.45, 2.75) is 39.2 Å². The Balaban J connectivity index is 1.73. The molecule has 1 unspecified atom stereocenters. The topological polar surface area (TPSA) is 47.6 Å². The maximum atomic E-state index is 12.1. The fourth-order valence-electron chi connectivity index (χ4n) is 2.47. The van der Waals surface area contributed by atoms with Crippen LogP contribution in [-0.2, 0) is 11.2 Å². The first-order valence-corrected chi connectivity index (χ1v) is 9.38. The largest absolute Gasteiger partial charge is 0.493 e. The van der Waals surface area contributed by atoms with E-state index in [4.69, 9.17) is 21.1 Å². The van der Waals surface area contributed by atoms with Gasteiger partial charge in [0, 0.05) is 11.6 Å². The molecule has 0 radical (unpaired) electrons. The monoisotopic (exact) mass is 375 g/mol. The molecule has 1 amide bonds. The van der Waals surface area contributed by atoms with Crippen LogP contribution >= 0.6 is 11.6 Å². The second-order valence-corrected chi connectivity index (χ2v) is 6.50. The summed E-state index contributed by atoms with van der Waals surface area (Å²) >= 11 is 5.84. The number of carbonyl (C=O) groups excluding carboxylic acids is 1. The van der Waals surface area contributed by atoms with Gasteiger partial charge in [0.2, 0.25) is 0 Å². The van der Waals surface area contributed by atoms with Crippen LogP contribution in [0.5, 0.6) is 11.5 Å². The maximum Gasteiger partial charge on any atom is 0.260 e. The molecule has 2 aromatic carbocycles. The molecule has 2 rings (SSSR count). The van der Waals surface area contributed by atoms with E-state index < -0.39 is 6.10 Å². The molecule has 26 heavy (non-hydrogen) atoms. The highest BCUT2D eigenvalue weighted by Crippen LogP contribution is 2.20. The Labute approximate surface area is 160 Å². The predicted molar refractivity (Wildman–Crippen MR) is 105 cm³/mol. The fourth-order valence-corrected chi connectivity index (χ4v) is 2.59. The summed E-state index contributed by atoms with van der Waals surface area (Å²) in [5.74, 6) is 1.43. The molecular formula is C21H26ClNO3. The van der Waals surface area contributed by atoms with Gasteiger partial charge < -0.3 is 14.8 Å². The summed E-state index contributed by atoms with van der Waals surface area (Å²) in [5.41, 5.74) is 1.17. The lowest BCUT2D eigenvalue weighted by atomic mass is 10.1. The number of hydrogen-bond acceptors (Lipinski definition) is 3. The van der Waals surface area contributed by atoms with Crippen LogP contribution in [0.15, 0.2) is 48.5 Å². The molecule has 0 aliphatic rings. The van der Waals surface area contributed by atoms with E-state index in [0.29, 0.717) is 23.9 Å². The number of halogens is 1. The first-order valence-electron chi connectivity index (χ1n) is 9.00. The fraction of sp³-hybridized carbons (Fsp3) is 0.381. The van der Waals surface area contributed by atoms with Gasteiger partial charge in [-0.05, 0) is 62.1 Å². The third-order valence-electron chi connectivity index (χ3n) is 3.85. The zero-order valence-electron chi connectivity index (χ0n) is 15.3. The van der Waals surface area contributed by atoms with Crippen LogP contribution < -0.4 is 14.8 Å². The molecule has 0 aliphatic heterocycles. The summed E-state index contributed by atoms with van der Waals surface area (Å²) in [4.78, 5) is 12.1. The van der Waals surface area contributed by atoms with Gasteiger partial charge in [-0.2, -0.15) is 0 Å². The average molecular weight is 376 g/mol. The van der Waals surface area contributed by atoms with E-state index in [-0.39, 0.29) is 5.91 Å². The second-order valence-electron chi connectivity index (χ2n) is 6.06. The van der Waals surface area contributed by atoms with Gasteiger partial charge in [0.15, 0.2) is 6.10 Å². The van der Waals surface area contributed by atoms with Crippen molar-refractivity contribution in [3.63, 3.8) is 0 Å². The quantitative estimate of drug-likeness (QED) is 0.615. The van der Waals surface area contributed by atoms with Gasteiger partial charge in [-0.25, -0.2) is 0 Å². The Morgan fingerprint density at radius 2 is 1.88 bits per heavy atom. The number of para-hydroxylation sites is 1. The molecule has 1 N–H and O–H groups in total. The average Bonchev–Trinajstić information content (AvgIpc) is 2.66. The molecule has 0 aliphatic carbocycles. The van der Waals surface area contributed by atoms with E-state index in [9.17, 15) is 4.79 Å². The molecule has 0 saturated heterocycles. The summed E-state index contributed by atoms with van der Waals surface area (Å²) in [5, 5.41) is 3.55. The van der Waals surface area contributed by atoms with Gasteiger partial charge in [-0.1, -0.05) is 36.7 Å². The van der Waals surface area contributed by atoms with Gasteiger partial charge in [0.1, 0.15) is 11.5 Å². The van der Waals surface area contributed by atoms with Crippen molar-refractivity contribution in [1.29, 1.82) is 0 Å². The van der Waals surface area contributed by atoms with Gasteiger partial charge in [-0.3, -0.25) is 4.79 Å². The van der Waals surface area contributed by atoms with Gasteiger partial charge in [0.05, 0.1) is 6.61 Å². The number of carbonyl (C=O) groups is 1. The van der Waals surface area contributed by atoms with Crippen LogP contribution in [0, 0.1) is 0 Å². The normalized spacial score (nSPS) is 11.7. The SMILES string of the molecule is CCCOc1ccccc1CCCNC(=O)C(C)Oc1ccc(Cl)cc1. The number of hydrogen-bond donors (Lipinski definition) is 1. The number of nitrogens with one attached hydrogen (secondary N) is 1. The lowest BCUT2D eigenvalue weighted by Crippen LogP contribution is -2.36. The van der Waals surface area contributed by atoms with Crippen LogP contribution in [0.4, 0.5) is 0 Å². The van der Waals surface area contributed by atoms with Crippen molar-refractivity contribution in [2.75, 3.05) is 13.2 Å². The number of rotatable bonds is 10.